The summed E-state index contributed by atoms with van der Waals surface area (Å²) in [5, 5.41) is 5.83. The Morgan fingerprint density at radius 2 is 2.05 bits per heavy atom. The lowest BCUT2D eigenvalue weighted by atomic mass is 10.0. The van der Waals surface area contributed by atoms with Gasteiger partial charge in [0.15, 0.2) is 0 Å². The smallest absolute Gasteiger partial charge is 0.0847 e. The number of hydrogen-bond acceptors (Lipinski definition) is 3. The molecule has 0 radical (unpaired) electrons. The Balaban J connectivity index is 2.35. The van der Waals surface area contributed by atoms with Crippen molar-refractivity contribution in [2.75, 3.05) is 0 Å². The second-order valence-corrected chi connectivity index (χ2v) is 5.90. The first-order chi connectivity index (χ1) is 9.97. The van der Waals surface area contributed by atoms with Crippen molar-refractivity contribution in [1.29, 1.82) is 0 Å². The van der Waals surface area contributed by atoms with Gasteiger partial charge in [-0.1, -0.05) is 35.3 Å². The summed E-state index contributed by atoms with van der Waals surface area (Å²) < 4.78 is 1.91. The fourth-order valence-corrected chi connectivity index (χ4v) is 3.01. The van der Waals surface area contributed by atoms with Crippen molar-refractivity contribution in [3.63, 3.8) is 0 Å². The van der Waals surface area contributed by atoms with E-state index >= 15 is 0 Å². The molecule has 2 rings (SSSR count). The lowest BCUT2D eigenvalue weighted by Gasteiger charge is -2.19. The summed E-state index contributed by atoms with van der Waals surface area (Å²) >= 11 is 12.7. The lowest BCUT2D eigenvalue weighted by molar-refractivity contribution is 0.517. The van der Waals surface area contributed by atoms with Crippen LogP contribution in [-0.2, 0) is 13.0 Å². The van der Waals surface area contributed by atoms with Crippen molar-refractivity contribution in [2.45, 2.75) is 39.8 Å². The van der Waals surface area contributed by atoms with Crippen molar-refractivity contribution in [1.82, 2.24) is 15.2 Å². The van der Waals surface area contributed by atoms with E-state index in [0.717, 1.165) is 29.1 Å². The van der Waals surface area contributed by atoms with Crippen molar-refractivity contribution in [3.8, 4) is 0 Å². The van der Waals surface area contributed by atoms with Crippen LogP contribution in [0.15, 0.2) is 18.2 Å². The quantitative estimate of drug-likeness (QED) is 0.652. The van der Waals surface area contributed by atoms with Gasteiger partial charge >= 0.3 is 0 Å². The third kappa shape index (κ3) is 3.40. The number of rotatable bonds is 5. The number of aromatic nitrogens is 2. The number of aryl methyl sites for hydroxylation is 3. The van der Waals surface area contributed by atoms with Gasteiger partial charge in [-0.2, -0.15) is 5.10 Å². The molecule has 0 bridgehead atoms. The zero-order valence-corrected chi connectivity index (χ0v) is 14.0. The number of benzene rings is 1. The Labute approximate surface area is 135 Å². The summed E-state index contributed by atoms with van der Waals surface area (Å²) in [4.78, 5) is 0. The molecule has 1 aromatic heterocycles. The molecular weight excluding hydrogens is 307 g/mol. The molecule has 6 heteroatoms. The zero-order valence-electron chi connectivity index (χ0n) is 12.5. The van der Waals surface area contributed by atoms with Crippen LogP contribution >= 0.6 is 23.2 Å². The van der Waals surface area contributed by atoms with Crippen LogP contribution in [0.4, 0.5) is 0 Å². The van der Waals surface area contributed by atoms with E-state index in [2.05, 4.69) is 10.5 Å². The van der Waals surface area contributed by atoms with Crippen LogP contribution < -0.4 is 11.3 Å². The molecule has 0 aliphatic heterocycles. The number of hydrogen-bond donors (Lipinski definition) is 2. The third-order valence-corrected chi connectivity index (χ3v) is 4.40. The number of hydrazine groups is 1. The first-order valence-electron chi connectivity index (χ1n) is 6.91. The molecule has 3 N–H and O–H groups in total. The Kier molecular flexibility index (Phi) is 5.27. The summed E-state index contributed by atoms with van der Waals surface area (Å²) in [6, 6.07) is 5.84. The van der Waals surface area contributed by atoms with Crippen molar-refractivity contribution < 1.29 is 0 Å². The topological polar surface area (TPSA) is 55.9 Å². The van der Waals surface area contributed by atoms with Crippen molar-refractivity contribution in [3.05, 3.63) is 50.8 Å². The molecular formula is C15H20Cl2N4. The highest BCUT2D eigenvalue weighted by molar-refractivity contribution is 6.32. The standard InChI is InChI=1S/C15H20Cl2N4/c1-4-21-14(15(17)10(3)20-21)8-13(19-18)11-6-5-9(2)7-12(11)16/h5-7,13,19H,4,8,18H2,1-3H3. The van der Waals surface area contributed by atoms with E-state index in [9.17, 15) is 0 Å². The number of halogens is 2. The molecule has 0 saturated heterocycles. The van der Waals surface area contributed by atoms with Crippen LogP contribution in [0.5, 0.6) is 0 Å². The molecule has 1 heterocycles. The normalized spacial score (nSPS) is 12.7. The number of nitrogens with two attached hydrogens (primary N) is 1. The van der Waals surface area contributed by atoms with E-state index in [0.29, 0.717) is 16.5 Å². The molecule has 0 aliphatic rings. The van der Waals surface area contributed by atoms with E-state index < -0.39 is 0 Å². The minimum Gasteiger partial charge on any atom is -0.271 e. The van der Waals surface area contributed by atoms with E-state index in [-0.39, 0.29) is 6.04 Å². The van der Waals surface area contributed by atoms with Crippen LogP contribution in [-0.4, -0.2) is 9.78 Å². The predicted molar refractivity (Wildman–Crippen MR) is 87.6 cm³/mol. The molecule has 4 nitrogen and oxygen atoms in total. The van der Waals surface area contributed by atoms with Gasteiger partial charge in [0.2, 0.25) is 0 Å². The molecule has 1 atom stereocenters. The van der Waals surface area contributed by atoms with E-state index in [4.69, 9.17) is 29.0 Å². The molecule has 0 fully saturated rings. The van der Waals surface area contributed by atoms with Crippen molar-refractivity contribution in [2.24, 2.45) is 5.84 Å². The van der Waals surface area contributed by atoms with Crippen molar-refractivity contribution >= 4 is 23.2 Å². The predicted octanol–water partition coefficient (Wildman–Crippen LogP) is 3.57. The monoisotopic (exact) mass is 326 g/mol. The van der Waals surface area contributed by atoms with Gasteiger partial charge in [0.25, 0.3) is 0 Å². The summed E-state index contributed by atoms with van der Waals surface area (Å²) in [6.07, 6.45) is 0.632. The molecule has 0 spiro atoms. The lowest BCUT2D eigenvalue weighted by Crippen LogP contribution is -2.30. The van der Waals surface area contributed by atoms with E-state index in [1.165, 1.54) is 0 Å². The average Bonchev–Trinajstić information content (AvgIpc) is 2.72. The maximum Gasteiger partial charge on any atom is 0.0847 e. The summed E-state index contributed by atoms with van der Waals surface area (Å²) in [5.74, 6) is 5.73. The minimum atomic E-state index is -0.114. The fourth-order valence-electron chi connectivity index (χ4n) is 2.43. The first kappa shape index (κ1) is 16.3. The van der Waals surface area contributed by atoms with Crippen LogP contribution in [0.2, 0.25) is 10.0 Å². The first-order valence-corrected chi connectivity index (χ1v) is 7.67. The highest BCUT2D eigenvalue weighted by Gasteiger charge is 2.20. The minimum absolute atomic E-state index is 0.114. The highest BCUT2D eigenvalue weighted by atomic mass is 35.5. The molecule has 21 heavy (non-hydrogen) atoms. The van der Waals surface area contributed by atoms with Gasteiger partial charge in [-0.15, -0.1) is 0 Å². The molecule has 1 aromatic carbocycles. The Morgan fingerprint density at radius 1 is 1.33 bits per heavy atom. The molecule has 2 aromatic rings. The Bertz CT molecular complexity index is 637. The molecule has 114 valence electrons. The van der Waals surface area contributed by atoms with E-state index in [1.807, 2.05) is 43.7 Å². The third-order valence-electron chi connectivity index (χ3n) is 3.58. The zero-order chi connectivity index (χ0) is 15.6. The number of nitrogens with one attached hydrogen (secondary N) is 1. The second-order valence-electron chi connectivity index (χ2n) is 5.11. The maximum atomic E-state index is 6.36. The van der Waals surface area contributed by atoms with Gasteiger partial charge in [-0.3, -0.25) is 16.0 Å². The summed E-state index contributed by atoms with van der Waals surface area (Å²) in [7, 11) is 0. The number of nitrogens with zero attached hydrogens (tertiary/aromatic N) is 2. The Hall–Kier alpha value is -1.07. The van der Waals surface area contributed by atoms with Gasteiger partial charge in [-0.25, -0.2) is 0 Å². The second kappa shape index (κ2) is 6.79. The van der Waals surface area contributed by atoms with Gasteiger partial charge in [0.1, 0.15) is 0 Å². The van der Waals surface area contributed by atoms with Gasteiger partial charge in [-0.05, 0) is 38.0 Å². The largest absolute Gasteiger partial charge is 0.271 e. The van der Waals surface area contributed by atoms with Crippen LogP contribution in [0.25, 0.3) is 0 Å². The van der Waals surface area contributed by atoms with Crippen LogP contribution in [0.1, 0.15) is 35.5 Å². The molecule has 0 amide bonds. The maximum absolute atomic E-state index is 6.36. The molecule has 0 saturated carbocycles. The van der Waals surface area contributed by atoms with E-state index in [1.54, 1.807) is 0 Å². The summed E-state index contributed by atoms with van der Waals surface area (Å²) in [6.45, 7) is 6.71. The average molecular weight is 327 g/mol. The summed E-state index contributed by atoms with van der Waals surface area (Å²) in [5.41, 5.74) is 6.71. The SMILES string of the molecule is CCn1nc(C)c(Cl)c1CC(NN)c1ccc(C)cc1Cl. The van der Waals surface area contributed by atoms with Gasteiger partial charge in [0, 0.05) is 18.0 Å². The van der Waals surface area contributed by atoms with Crippen LogP contribution in [0.3, 0.4) is 0 Å². The van der Waals surface area contributed by atoms with Gasteiger partial charge in [0.05, 0.1) is 22.5 Å². The molecule has 1 unspecified atom stereocenters. The van der Waals surface area contributed by atoms with Crippen LogP contribution in [0, 0.1) is 13.8 Å². The fraction of sp³-hybridized carbons (Fsp3) is 0.400. The molecule has 0 aliphatic carbocycles. The van der Waals surface area contributed by atoms with Gasteiger partial charge < -0.3 is 0 Å². The highest BCUT2D eigenvalue weighted by Crippen LogP contribution is 2.29. The Morgan fingerprint density at radius 3 is 2.62 bits per heavy atom.